The van der Waals surface area contributed by atoms with Gasteiger partial charge in [0.2, 0.25) is 0 Å². The number of anilines is 1. The lowest BCUT2D eigenvalue weighted by atomic mass is 9.95. The molecule has 0 saturated carbocycles. The predicted octanol–water partition coefficient (Wildman–Crippen LogP) is 2.21. The number of hydrogen-bond acceptors (Lipinski definition) is 3. The van der Waals surface area contributed by atoms with Crippen molar-refractivity contribution in [1.82, 2.24) is 5.32 Å². The van der Waals surface area contributed by atoms with Gasteiger partial charge in [-0.05, 0) is 37.8 Å². The summed E-state index contributed by atoms with van der Waals surface area (Å²) < 4.78 is 26.4. The molecule has 0 unspecified atom stereocenters. The smallest absolute Gasteiger partial charge is 0.313 e. The van der Waals surface area contributed by atoms with Crippen molar-refractivity contribution in [2.24, 2.45) is 5.92 Å². The topological polar surface area (TPSA) is 78.4 Å². The summed E-state index contributed by atoms with van der Waals surface area (Å²) in [6.07, 6.45) is 1.23. The Morgan fingerprint density at radius 3 is 2.52 bits per heavy atom. The van der Waals surface area contributed by atoms with Crippen LogP contribution in [0.25, 0.3) is 0 Å². The summed E-state index contributed by atoms with van der Waals surface area (Å²) in [7, 11) is 0. The van der Waals surface area contributed by atoms with Crippen LogP contribution in [0.4, 0.5) is 14.5 Å². The van der Waals surface area contributed by atoms with E-state index < -0.39 is 34.7 Å². The van der Waals surface area contributed by atoms with Gasteiger partial charge in [-0.25, -0.2) is 8.78 Å². The van der Waals surface area contributed by atoms with Gasteiger partial charge in [-0.1, -0.05) is 19.9 Å². The Hall–Kier alpha value is -2.02. The summed E-state index contributed by atoms with van der Waals surface area (Å²) in [4.78, 5) is 23.3. The zero-order valence-corrected chi connectivity index (χ0v) is 13.5. The summed E-state index contributed by atoms with van der Waals surface area (Å²) in [5, 5.41) is 14.4. The molecule has 3 N–H and O–H groups in total. The lowest BCUT2D eigenvalue weighted by Gasteiger charge is -2.24. The Bertz CT molecular complexity index is 574. The van der Waals surface area contributed by atoms with Gasteiger partial charge in [-0.3, -0.25) is 9.59 Å². The zero-order chi connectivity index (χ0) is 17.6. The van der Waals surface area contributed by atoms with Gasteiger partial charge in [0.25, 0.3) is 0 Å². The van der Waals surface area contributed by atoms with Gasteiger partial charge in [0, 0.05) is 6.54 Å². The third-order valence-corrected chi connectivity index (χ3v) is 3.30. The second-order valence-corrected chi connectivity index (χ2v) is 6.17. The summed E-state index contributed by atoms with van der Waals surface area (Å²) in [5.41, 5.74) is -1.57. The van der Waals surface area contributed by atoms with Gasteiger partial charge in [0.15, 0.2) is 11.6 Å². The Balaban J connectivity index is 2.54. The van der Waals surface area contributed by atoms with Crippen LogP contribution < -0.4 is 10.6 Å². The van der Waals surface area contributed by atoms with E-state index in [-0.39, 0.29) is 6.54 Å². The molecular weight excluding hydrogens is 306 g/mol. The Labute approximate surface area is 134 Å². The summed E-state index contributed by atoms with van der Waals surface area (Å²) in [6.45, 7) is 5.46. The molecule has 7 heteroatoms. The standard InChI is InChI=1S/C16H22F2N2O3/c1-10(2)7-8-16(3,23)9-19-14(21)15(22)20-12-6-4-5-11(17)13(12)18/h4-6,10,23H,7-9H2,1-3H3,(H,19,21)(H,20,22)/t16-/m1/s1. The summed E-state index contributed by atoms with van der Waals surface area (Å²) in [5.74, 6) is -4.12. The molecule has 0 bridgehead atoms. The minimum atomic E-state index is -1.24. The van der Waals surface area contributed by atoms with Crippen molar-refractivity contribution in [3.05, 3.63) is 29.8 Å². The fourth-order valence-electron chi connectivity index (χ4n) is 1.82. The van der Waals surface area contributed by atoms with Crippen LogP contribution in [-0.4, -0.2) is 29.1 Å². The highest BCUT2D eigenvalue weighted by atomic mass is 19.2. The average molecular weight is 328 g/mol. The van der Waals surface area contributed by atoms with Gasteiger partial charge >= 0.3 is 11.8 Å². The first kappa shape index (κ1) is 19.0. The summed E-state index contributed by atoms with van der Waals surface area (Å²) in [6, 6.07) is 3.25. The molecule has 1 rings (SSSR count). The van der Waals surface area contributed by atoms with Gasteiger partial charge in [0.1, 0.15) is 0 Å². The molecule has 0 radical (unpaired) electrons. The van der Waals surface area contributed by atoms with Crippen LogP contribution >= 0.6 is 0 Å². The number of amides is 2. The molecule has 0 heterocycles. The average Bonchev–Trinajstić information content (AvgIpc) is 2.47. The second-order valence-electron chi connectivity index (χ2n) is 6.17. The van der Waals surface area contributed by atoms with Crippen molar-refractivity contribution in [2.45, 2.75) is 39.2 Å². The fraction of sp³-hybridized carbons (Fsp3) is 0.500. The number of carbonyl (C=O) groups is 2. The summed E-state index contributed by atoms with van der Waals surface area (Å²) >= 11 is 0. The highest BCUT2D eigenvalue weighted by Gasteiger charge is 2.24. The highest BCUT2D eigenvalue weighted by molar-refractivity contribution is 6.39. The lowest BCUT2D eigenvalue weighted by Crippen LogP contribution is -2.44. The van der Waals surface area contributed by atoms with E-state index in [4.69, 9.17) is 0 Å². The Morgan fingerprint density at radius 2 is 1.91 bits per heavy atom. The largest absolute Gasteiger partial charge is 0.388 e. The van der Waals surface area contributed by atoms with Crippen LogP contribution in [-0.2, 0) is 9.59 Å². The Morgan fingerprint density at radius 1 is 1.26 bits per heavy atom. The maximum atomic E-state index is 13.4. The van der Waals surface area contributed by atoms with Crippen molar-refractivity contribution >= 4 is 17.5 Å². The molecule has 0 saturated heterocycles. The Kier molecular flexibility index (Phi) is 6.62. The van der Waals surface area contributed by atoms with E-state index in [1.807, 2.05) is 19.2 Å². The normalized spacial score (nSPS) is 13.5. The van der Waals surface area contributed by atoms with E-state index in [0.29, 0.717) is 12.3 Å². The van der Waals surface area contributed by atoms with Crippen LogP contribution in [0, 0.1) is 17.6 Å². The maximum Gasteiger partial charge on any atom is 0.313 e. The molecule has 1 atom stereocenters. The van der Waals surface area contributed by atoms with E-state index in [9.17, 15) is 23.5 Å². The minimum Gasteiger partial charge on any atom is -0.388 e. The molecular formula is C16H22F2N2O3. The number of nitrogens with one attached hydrogen (secondary N) is 2. The molecule has 23 heavy (non-hydrogen) atoms. The number of rotatable bonds is 6. The van der Waals surface area contributed by atoms with Crippen LogP contribution in [0.3, 0.4) is 0 Å². The first-order chi connectivity index (χ1) is 10.6. The number of aliphatic hydroxyl groups is 1. The van der Waals surface area contributed by atoms with E-state index in [1.165, 1.54) is 6.07 Å². The third-order valence-electron chi connectivity index (χ3n) is 3.30. The van der Waals surface area contributed by atoms with Crippen molar-refractivity contribution in [1.29, 1.82) is 0 Å². The number of halogens is 2. The molecule has 128 valence electrons. The number of benzene rings is 1. The SMILES string of the molecule is CC(C)CC[C@@](C)(O)CNC(=O)C(=O)Nc1cccc(F)c1F. The zero-order valence-electron chi connectivity index (χ0n) is 13.5. The maximum absolute atomic E-state index is 13.4. The van der Waals surface area contributed by atoms with Crippen LogP contribution in [0.5, 0.6) is 0 Å². The molecule has 0 fully saturated rings. The van der Waals surface area contributed by atoms with Crippen LogP contribution in [0.2, 0.25) is 0 Å². The van der Waals surface area contributed by atoms with Crippen molar-refractivity contribution < 1.29 is 23.5 Å². The molecule has 1 aromatic rings. The number of carbonyl (C=O) groups excluding carboxylic acids is 2. The number of hydrogen-bond donors (Lipinski definition) is 3. The van der Waals surface area contributed by atoms with Crippen molar-refractivity contribution in [2.75, 3.05) is 11.9 Å². The third kappa shape index (κ3) is 6.32. The predicted molar refractivity (Wildman–Crippen MR) is 82.7 cm³/mol. The van der Waals surface area contributed by atoms with E-state index >= 15 is 0 Å². The molecule has 2 amide bonds. The quantitative estimate of drug-likeness (QED) is 0.701. The van der Waals surface area contributed by atoms with Crippen LogP contribution in [0.1, 0.15) is 33.6 Å². The lowest BCUT2D eigenvalue weighted by molar-refractivity contribution is -0.136. The monoisotopic (exact) mass is 328 g/mol. The van der Waals surface area contributed by atoms with Gasteiger partial charge < -0.3 is 15.7 Å². The van der Waals surface area contributed by atoms with Crippen LogP contribution in [0.15, 0.2) is 18.2 Å². The molecule has 0 spiro atoms. The van der Waals surface area contributed by atoms with Gasteiger partial charge in [-0.2, -0.15) is 0 Å². The molecule has 0 aromatic heterocycles. The van der Waals surface area contributed by atoms with Crippen molar-refractivity contribution in [3.63, 3.8) is 0 Å². The molecule has 0 aliphatic heterocycles. The fourth-order valence-corrected chi connectivity index (χ4v) is 1.82. The first-order valence-electron chi connectivity index (χ1n) is 7.38. The molecule has 0 aliphatic carbocycles. The first-order valence-corrected chi connectivity index (χ1v) is 7.38. The van der Waals surface area contributed by atoms with Gasteiger partial charge in [-0.15, -0.1) is 0 Å². The van der Waals surface area contributed by atoms with E-state index in [1.54, 1.807) is 6.92 Å². The van der Waals surface area contributed by atoms with Crippen molar-refractivity contribution in [3.8, 4) is 0 Å². The van der Waals surface area contributed by atoms with Gasteiger partial charge in [0.05, 0.1) is 11.3 Å². The molecule has 0 aliphatic rings. The minimum absolute atomic E-state index is 0.113. The molecule has 1 aromatic carbocycles. The van der Waals surface area contributed by atoms with E-state index in [0.717, 1.165) is 18.6 Å². The second kappa shape index (κ2) is 8.01. The highest BCUT2D eigenvalue weighted by Crippen LogP contribution is 2.17. The molecule has 5 nitrogen and oxygen atoms in total. The van der Waals surface area contributed by atoms with E-state index in [2.05, 4.69) is 5.32 Å².